The quantitative estimate of drug-likeness (QED) is 0.333. The lowest BCUT2D eigenvalue weighted by Gasteiger charge is -1.87. The molecule has 1 aromatic heterocycles. The molecule has 66 valence electrons. The highest BCUT2D eigenvalue weighted by Crippen LogP contribution is 2.09. The third-order valence-corrected chi connectivity index (χ3v) is 1.11. The van der Waals surface area contributed by atoms with E-state index in [9.17, 15) is 14.9 Å². The number of carbonyl (C=O) groups is 1. The first kappa shape index (κ1) is 8.73. The standard InChI is InChI=1S/C6H4N4O3/c7-5(11)2-1-4-6(10(12)13)9-3-8-4/h3H,(H2,7,11)(H,8,9). The molecule has 7 nitrogen and oxygen atoms in total. The van der Waals surface area contributed by atoms with E-state index >= 15 is 0 Å². The number of H-pyrrole nitrogens is 1. The molecule has 1 aromatic rings. The first-order chi connectivity index (χ1) is 6.11. The second-order valence-electron chi connectivity index (χ2n) is 1.97. The Morgan fingerprint density at radius 2 is 2.46 bits per heavy atom. The fourth-order valence-corrected chi connectivity index (χ4v) is 0.639. The molecule has 0 spiro atoms. The summed E-state index contributed by atoms with van der Waals surface area (Å²) in [5, 5.41) is 10.3. The molecule has 0 bridgehead atoms. The maximum atomic E-state index is 10.3. The van der Waals surface area contributed by atoms with E-state index in [0.29, 0.717) is 0 Å². The van der Waals surface area contributed by atoms with Crippen LogP contribution in [0.15, 0.2) is 6.33 Å². The first-order valence-electron chi connectivity index (χ1n) is 3.10. The van der Waals surface area contributed by atoms with E-state index in [1.807, 2.05) is 5.92 Å². The van der Waals surface area contributed by atoms with E-state index in [4.69, 9.17) is 5.73 Å². The fourth-order valence-electron chi connectivity index (χ4n) is 0.639. The van der Waals surface area contributed by atoms with Crippen LogP contribution in [0.5, 0.6) is 0 Å². The molecule has 0 aromatic carbocycles. The fraction of sp³-hybridized carbons (Fsp3) is 0. The lowest BCUT2D eigenvalue weighted by molar-refractivity contribution is -0.389. The highest BCUT2D eigenvalue weighted by Gasteiger charge is 2.12. The molecule has 0 aliphatic carbocycles. The van der Waals surface area contributed by atoms with Gasteiger partial charge in [-0.1, -0.05) is 0 Å². The Hall–Kier alpha value is -2.36. The predicted octanol–water partition coefficient (Wildman–Crippen LogP) is -0.845. The van der Waals surface area contributed by atoms with Crippen LogP contribution in [0.4, 0.5) is 5.82 Å². The smallest absolute Gasteiger partial charge is 0.356 e. The van der Waals surface area contributed by atoms with E-state index < -0.39 is 10.8 Å². The molecule has 0 aliphatic heterocycles. The summed E-state index contributed by atoms with van der Waals surface area (Å²) in [4.78, 5) is 25.6. The molecule has 1 rings (SSSR count). The molecule has 0 unspecified atom stereocenters. The summed E-state index contributed by atoms with van der Waals surface area (Å²) < 4.78 is 0. The van der Waals surface area contributed by atoms with Gasteiger partial charge in [0.2, 0.25) is 5.69 Å². The Balaban J connectivity index is 3.04. The number of aromatic nitrogens is 2. The number of hydrogen-bond donors (Lipinski definition) is 2. The highest BCUT2D eigenvalue weighted by molar-refractivity contribution is 5.92. The Morgan fingerprint density at radius 1 is 1.77 bits per heavy atom. The topological polar surface area (TPSA) is 115 Å². The molecule has 0 atom stereocenters. The normalized spacial score (nSPS) is 8.62. The Kier molecular flexibility index (Phi) is 2.26. The zero-order valence-corrected chi connectivity index (χ0v) is 6.27. The third-order valence-electron chi connectivity index (χ3n) is 1.11. The van der Waals surface area contributed by atoms with Crippen molar-refractivity contribution in [2.75, 3.05) is 0 Å². The van der Waals surface area contributed by atoms with E-state index in [1.54, 1.807) is 0 Å². The average Bonchev–Trinajstić information content (AvgIpc) is 2.47. The van der Waals surface area contributed by atoms with Gasteiger partial charge in [-0.2, -0.15) is 4.98 Å². The van der Waals surface area contributed by atoms with Gasteiger partial charge in [-0.15, -0.1) is 0 Å². The molecule has 0 saturated carbocycles. The number of amides is 1. The number of nitrogens with two attached hydrogens (primary N) is 1. The maximum Gasteiger partial charge on any atom is 0.356 e. The van der Waals surface area contributed by atoms with E-state index in [0.717, 1.165) is 6.33 Å². The van der Waals surface area contributed by atoms with Gasteiger partial charge in [0.15, 0.2) is 6.33 Å². The van der Waals surface area contributed by atoms with Crippen molar-refractivity contribution in [3.05, 3.63) is 22.1 Å². The minimum atomic E-state index is -0.864. The minimum absolute atomic E-state index is 0.108. The van der Waals surface area contributed by atoms with Crippen LogP contribution in [0.3, 0.4) is 0 Å². The molecule has 7 heteroatoms. The number of nitrogens with one attached hydrogen (secondary N) is 1. The van der Waals surface area contributed by atoms with Crippen molar-refractivity contribution in [1.82, 2.24) is 9.97 Å². The number of nitro groups is 1. The molecule has 1 amide bonds. The molecular formula is C6H4N4O3. The SMILES string of the molecule is NC(=O)C#Cc1nc[nH]c1[N+](=O)[O-]. The number of rotatable bonds is 1. The lowest BCUT2D eigenvalue weighted by Crippen LogP contribution is -2.06. The van der Waals surface area contributed by atoms with Gasteiger partial charge >= 0.3 is 5.82 Å². The minimum Gasteiger partial charge on any atom is -0.359 e. The van der Waals surface area contributed by atoms with Gasteiger partial charge in [0.25, 0.3) is 5.91 Å². The van der Waals surface area contributed by atoms with Crippen LogP contribution in [-0.4, -0.2) is 20.8 Å². The van der Waals surface area contributed by atoms with Gasteiger partial charge in [-0.25, -0.2) is 4.98 Å². The number of imidazole rings is 1. The summed E-state index contributed by atoms with van der Waals surface area (Å²) >= 11 is 0. The van der Waals surface area contributed by atoms with Crippen molar-refractivity contribution < 1.29 is 9.72 Å². The van der Waals surface area contributed by atoms with Crippen molar-refractivity contribution in [2.45, 2.75) is 0 Å². The van der Waals surface area contributed by atoms with Crippen LogP contribution < -0.4 is 5.73 Å². The van der Waals surface area contributed by atoms with Crippen molar-refractivity contribution in [2.24, 2.45) is 5.73 Å². The number of nitrogens with zero attached hydrogens (tertiary/aromatic N) is 2. The van der Waals surface area contributed by atoms with Gasteiger partial charge in [-0.05, 0) is 10.8 Å². The van der Waals surface area contributed by atoms with Crippen LogP contribution in [0.25, 0.3) is 0 Å². The van der Waals surface area contributed by atoms with E-state index in [2.05, 4.69) is 15.9 Å². The number of hydrogen-bond acceptors (Lipinski definition) is 4. The molecule has 0 fully saturated rings. The van der Waals surface area contributed by atoms with E-state index in [1.165, 1.54) is 0 Å². The average molecular weight is 180 g/mol. The summed E-state index contributed by atoms with van der Waals surface area (Å²) in [7, 11) is 0. The predicted molar refractivity (Wildman–Crippen MR) is 41.3 cm³/mol. The van der Waals surface area contributed by atoms with Gasteiger partial charge in [0.1, 0.15) is 0 Å². The van der Waals surface area contributed by atoms with Crippen molar-refractivity contribution in [3.63, 3.8) is 0 Å². The van der Waals surface area contributed by atoms with Crippen LogP contribution in [0.1, 0.15) is 5.69 Å². The molecule has 0 aliphatic rings. The Morgan fingerprint density at radius 3 is 3.00 bits per heavy atom. The number of primary amides is 1. The van der Waals surface area contributed by atoms with Crippen LogP contribution in [0.2, 0.25) is 0 Å². The summed E-state index contributed by atoms with van der Waals surface area (Å²) in [6, 6.07) is 0. The molecule has 0 radical (unpaired) electrons. The number of aromatic amines is 1. The first-order valence-corrected chi connectivity index (χ1v) is 3.10. The van der Waals surface area contributed by atoms with Crippen LogP contribution in [0, 0.1) is 22.0 Å². The monoisotopic (exact) mass is 180 g/mol. The lowest BCUT2D eigenvalue weighted by atomic mass is 10.4. The second-order valence-corrected chi connectivity index (χ2v) is 1.97. The van der Waals surface area contributed by atoms with Crippen molar-refractivity contribution in [3.8, 4) is 11.8 Å². The molecule has 13 heavy (non-hydrogen) atoms. The van der Waals surface area contributed by atoms with Gasteiger partial charge in [0.05, 0.1) is 0 Å². The Labute approximate surface area is 72.1 Å². The Bertz CT molecular complexity index is 411. The van der Waals surface area contributed by atoms with Gasteiger partial charge in [-0.3, -0.25) is 4.79 Å². The summed E-state index contributed by atoms with van der Waals surface area (Å²) in [5.74, 6) is 2.89. The zero-order chi connectivity index (χ0) is 9.84. The van der Waals surface area contributed by atoms with Crippen LogP contribution >= 0.6 is 0 Å². The summed E-state index contributed by atoms with van der Waals surface area (Å²) in [5.41, 5.74) is 4.61. The number of carbonyl (C=O) groups excluding carboxylic acids is 1. The third kappa shape index (κ3) is 2.03. The van der Waals surface area contributed by atoms with Crippen molar-refractivity contribution >= 4 is 11.7 Å². The zero-order valence-electron chi connectivity index (χ0n) is 6.27. The summed E-state index contributed by atoms with van der Waals surface area (Å²) in [6.07, 6.45) is 1.11. The molecule has 3 N–H and O–H groups in total. The highest BCUT2D eigenvalue weighted by atomic mass is 16.6. The second kappa shape index (κ2) is 3.36. The largest absolute Gasteiger partial charge is 0.359 e. The van der Waals surface area contributed by atoms with Crippen LogP contribution in [-0.2, 0) is 4.79 Å². The van der Waals surface area contributed by atoms with Gasteiger partial charge in [0, 0.05) is 5.92 Å². The summed E-state index contributed by atoms with van der Waals surface area (Å²) in [6.45, 7) is 0. The molecule has 0 saturated heterocycles. The molecular weight excluding hydrogens is 176 g/mol. The maximum absolute atomic E-state index is 10.3. The van der Waals surface area contributed by atoms with Crippen molar-refractivity contribution in [1.29, 1.82) is 0 Å². The van der Waals surface area contributed by atoms with E-state index in [-0.39, 0.29) is 11.5 Å². The molecule has 1 heterocycles. The van der Waals surface area contributed by atoms with Gasteiger partial charge < -0.3 is 15.8 Å².